The average molecular weight is 324 g/mol. The van der Waals surface area contributed by atoms with Crippen LogP contribution in [0.4, 0.5) is 4.79 Å². The van der Waals surface area contributed by atoms with E-state index in [-0.39, 0.29) is 0 Å². The van der Waals surface area contributed by atoms with Crippen LogP contribution in [0.2, 0.25) is 0 Å². The lowest BCUT2D eigenvalue weighted by molar-refractivity contribution is 0.251. The molecule has 0 bridgehead atoms. The maximum atomic E-state index is 11.3. The monoisotopic (exact) mass is 324 g/mol. The second-order valence-electron chi connectivity index (χ2n) is 6.20. The zero-order valence-corrected chi connectivity index (χ0v) is 13.4. The molecule has 0 unspecified atom stereocenters. The van der Waals surface area contributed by atoms with Crippen molar-refractivity contribution in [2.45, 2.75) is 19.4 Å². The van der Waals surface area contributed by atoms with Gasteiger partial charge in [0.15, 0.2) is 0 Å². The van der Waals surface area contributed by atoms with Gasteiger partial charge < -0.3 is 10.6 Å². The Hall–Kier alpha value is -2.67. The number of fused-ring (bicyclic) bond motifs is 1. The normalized spacial score (nSPS) is 15.3. The second kappa shape index (κ2) is 6.09. The fraction of sp³-hybridized carbons (Fsp3) is 0.353. The van der Waals surface area contributed by atoms with Gasteiger partial charge in [-0.05, 0) is 38.1 Å². The summed E-state index contributed by atoms with van der Waals surface area (Å²) in [5.74, 6) is 0. The first kappa shape index (κ1) is 14.9. The van der Waals surface area contributed by atoms with Crippen LogP contribution in [0.3, 0.4) is 0 Å². The molecule has 0 spiro atoms. The molecule has 1 fully saturated rings. The Labute approximate surface area is 139 Å². The number of carbonyl (C=O) groups is 1. The number of hydrogen-bond donors (Lipinski definition) is 1. The van der Waals surface area contributed by atoms with E-state index in [9.17, 15) is 4.79 Å². The molecular formula is C17H20N6O. The van der Waals surface area contributed by atoms with E-state index in [1.807, 2.05) is 29.2 Å². The highest BCUT2D eigenvalue weighted by atomic mass is 16.2. The Kier molecular flexibility index (Phi) is 3.78. The number of likely N-dealkylation sites (tertiary alicyclic amines) is 1. The standard InChI is InChI=1S/C17H20N6O/c18-17(24)23-6-3-13-9-14(10-19-16(13)23)15-11-20-22(12-15)8-7-21-4-1-2-5-21/h3,6,9-12H,1-2,4-5,7-8H2,(H2,18,24). The van der Waals surface area contributed by atoms with Gasteiger partial charge in [0.05, 0.1) is 12.7 Å². The number of amides is 1. The van der Waals surface area contributed by atoms with Gasteiger partial charge in [-0.3, -0.25) is 9.25 Å². The quantitative estimate of drug-likeness (QED) is 0.795. The number of rotatable bonds is 4. The molecule has 1 aliphatic rings. The Balaban J connectivity index is 1.53. The van der Waals surface area contributed by atoms with Gasteiger partial charge in [0, 0.05) is 41.6 Å². The molecule has 2 N–H and O–H groups in total. The van der Waals surface area contributed by atoms with Crippen molar-refractivity contribution in [2.75, 3.05) is 19.6 Å². The van der Waals surface area contributed by atoms with Crippen LogP contribution in [-0.4, -0.2) is 49.9 Å². The first-order valence-corrected chi connectivity index (χ1v) is 8.23. The number of nitrogens with two attached hydrogens (primary N) is 1. The molecule has 124 valence electrons. The van der Waals surface area contributed by atoms with Gasteiger partial charge >= 0.3 is 6.03 Å². The van der Waals surface area contributed by atoms with E-state index in [4.69, 9.17) is 5.73 Å². The first-order chi connectivity index (χ1) is 11.7. The molecular weight excluding hydrogens is 304 g/mol. The molecule has 0 aromatic carbocycles. The minimum Gasteiger partial charge on any atom is -0.351 e. The van der Waals surface area contributed by atoms with E-state index < -0.39 is 6.03 Å². The molecule has 1 aliphatic heterocycles. The molecule has 4 heterocycles. The van der Waals surface area contributed by atoms with Crippen LogP contribution in [0.25, 0.3) is 22.2 Å². The molecule has 0 aliphatic carbocycles. The summed E-state index contributed by atoms with van der Waals surface area (Å²) >= 11 is 0. The van der Waals surface area contributed by atoms with Crippen molar-refractivity contribution in [3.05, 3.63) is 36.9 Å². The average Bonchev–Trinajstić information content (AvgIpc) is 3.31. The smallest absolute Gasteiger partial charge is 0.324 e. The SMILES string of the molecule is NC(=O)n1ccc2cc(-c3cnn(CCN4CCCC4)c3)cnc21. The minimum atomic E-state index is -0.528. The second-order valence-corrected chi connectivity index (χ2v) is 6.20. The highest BCUT2D eigenvalue weighted by molar-refractivity contribution is 5.90. The fourth-order valence-electron chi connectivity index (χ4n) is 3.24. The zero-order chi connectivity index (χ0) is 16.5. The van der Waals surface area contributed by atoms with E-state index in [1.54, 1.807) is 12.4 Å². The van der Waals surface area contributed by atoms with Crippen molar-refractivity contribution < 1.29 is 4.79 Å². The van der Waals surface area contributed by atoms with E-state index in [1.165, 1.54) is 30.5 Å². The summed E-state index contributed by atoms with van der Waals surface area (Å²) in [5.41, 5.74) is 7.91. The van der Waals surface area contributed by atoms with Gasteiger partial charge in [0.1, 0.15) is 5.65 Å². The first-order valence-electron chi connectivity index (χ1n) is 8.23. The largest absolute Gasteiger partial charge is 0.351 e. The maximum absolute atomic E-state index is 11.3. The summed E-state index contributed by atoms with van der Waals surface area (Å²) < 4.78 is 3.32. The molecule has 3 aromatic heterocycles. The van der Waals surface area contributed by atoms with Crippen LogP contribution in [0.15, 0.2) is 36.9 Å². The number of hydrogen-bond acceptors (Lipinski definition) is 4. The van der Waals surface area contributed by atoms with Crippen LogP contribution < -0.4 is 5.73 Å². The van der Waals surface area contributed by atoms with Crippen LogP contribution >= 0.6 is 0 Å². The maximum Gasteiger partial charge on any atom is 0.324 e. The van der Waals surface area contributed by atoms with Crippen molar-refractivity contribution in [3.8, 4) is 11.1 Å². The van der Waals surface area contributed by atoms with E-state index in [0.29, 0.717) is 5.65 Å². The van der Waals surface area contributed by atoms with Crippen molar-refractivity contribution >= 4 is 17.1 Å². The van der Waals surface area contributed by atoms with Gasteiger partial charge in [-0.15, -0.1) is 0 Å². The molecule has 0 atom stereocenters. The molecule has 4 rings (SSSR count). The van der Waals surface area contributed by atoms with Crippen LogP contribution in [0.5, 0.6) is 0 Å². The van der Waals surface area contributed by atoms with Crippen LogP contribution in [0.1, 0.15) is 12.8 Å². The number of nitrogens with zero attached hydrogens (tertiary/aromatic N) is 5. The molecule has 0 radical (unpaired) electrons. The summed E-state index contributed by atoms with van der Waals surface area (Å²) in [4.78, 5) is 18.2. The number of aromatic nitrogens is 4. The van der Waals surface area contributed by atoms with Crippen molar-refractivity contribution in [1.29, 1.82) is 0 Å². The Bertz CT molecular complexity index is 874. The van der Waals surface area contributed by atoms with E-state index in [2.05, 4.69) is 15.0 Å². The fourth-order valence-corrected chi connectivity index (χ4v) is 3.24. The van der Waals surface area contributed by atoms with Gasteiger partial charge in [0.25, 0.3) is 0 Å². The van der Waals surface area contributed by atoms with Gasteiger partial charge in [-0.1, -0.05) is 0 Å². The predicted molar refractivity (Wildman–Crippen MR) is 91.6 cm³/mol. The summed E-state index contributed by atoms with van der Waals surface area (Å²) in [5, 5.41) is 5.34. The van der Waals surface area contributed by atoms with E-state index >= 15 is 0 Å². The number of primary amides is 1. The summed E-state index contributed by atoms with van der Waals surface area (Å²) in [6.07, 6.45) is 9.91. The highest BCUT2D eigenvalue weighted by Gasteiger charge is 2.12. The summed E-state index contributed by atoms with van der Waals surface area (Å²) in [7, 11) is 0. The van der Waals surface area contributed by atoms with Crippen LogP contribution in [0, 0.1) is 0 Å². The number of carbonyl (C=O) groups excluding carboxylic acids is 1. The van der Waals surface area contributed by atoms with Gasteiger partial charge in [-0.25, -0.2) is 9.78 Å². The van der Waals surface area contributed by atoms with Crippen molar-refractivity contribution in [2.24, 2.45) is 5.73 Å². The van der Waals surface area contributed by atoms with Gasteiger partial charge in [0.2, 0.25) is 0 Å². The molecule has 7 heteroatoms. The predicted octanol–water partition coefficient (Wildman–Crippen LogP) is 1.92. The Morgan fingerprint density at radius 3 is 2.79 bits per heavy atom. The summed E-state index contributed by atoms with van der Waals surface area (Å²) in [6, 6.07) is 3.32. The lowest BCUT2D eigenvalue weighted by atomic mass is 10.1. The lowest BCUT2D eigenvalue weighted by Crippen LogP contribution is -2.24. The molecule has 1 amide bonds. The Morgan fingerprint density at radius 2 is 2.00 bits per heavy atom. The molecule has 7 nitrogen and oxygen atoms in total. The lowest BCUT2D eigenvalue weighted by Gasteiger charge is -2.13. The third-order valence-electron chi connectivity index (χ3n) is 4.57. The molecule has 3 aromatic rings. The zero-order valence-electron chi connectivity index (χ0n) is 13.4. The highest BCUT2D eigenvalue weighted by Crippen LogP contribution is 2.23. The number of pyridine rings is 1. The van der Waals surface area contributed by atoms with Crippen LogP contribution in [-0.2, 0) is 6.54 Å². The third kappa shape index (κ3) is 2.78. The minimum absolute atomic E-state index is 0.528. The van der Waals surface area contributed by atoms with Crippen molar-refractivity contribution in [1.82, 2.24) is 24.2 Å². The molecule has 24 heavy (non-hydrogen) atoms. The van der Waals surface area contributed by atoms with Gasteiger partial charge in [-0.2, -0.15) is 5.10 Å². The molecule has 1 saturated heterocycles. The topological polar surface area (TPSA) is 82.0 Å². The molecule has 0 saturated carbocycles. The van der Waals surface area contributed by atoms with E-state index in [0.717, 1.165) is 29.6 Å². The third-order valence-corrected chi connectivity index (χ3v) is 4.57. The Morgan fingerprint density at radius 1 is 1.17 bits per heavy atom. The van der Waals surface area contributed by atoms with Crippen molar-refractivity contribution in [3.63, 3.8) is 0 Å². The summed E-state index contributed by atoms with van der Waals surface area (Å²) in [6.45, 7) is 4.34.